The summed E-state index contributed by atoms with van der Waals surface area (Å²) in [6, 6.07) is 11.5. The SMILES string of the molecule is CN(C(=O)C1(C#N)CC1)[C@H]1CCN(C(=O)c2ccc(NCc3cnc4ccccn34)nc2)C1. The van der Waals surface area contributed by atoms with Crippen molar-refractivity contribution in [3.05, 3.63) is 60.2 Å². The van der Waals surface area contributed by atoms with Gasteiger partial charge in [-0.15, -0.1) is 0 Å². The normalized spacial score (nSPS) is 18.7. The zero-order valence-corrected chi connectivity index (χ0v) is 18.4. The van der Waals surface area contributed by atoms with Crippen LogP contribution in [0.4, 0.5) is 5.82 Å². The maximum Gasteiger partial charge on any atom is 0.255 e. The van der Waals surface area contributed by atoms with Gasteiger partial charge in [0.2, 0.25) is 5.91 Å². The number of nitrogens with one attached hydrogen (secondary N) is 1. The van der Waals surface area contributed by atoms with Gasteiger partial charge in [-0.25, -0.2) is 9.97 Å². The van der Waals surface area contributed by atoms with Crippen LogP contribution in [0.1, 0.15) is 35.3 Å². The molecule has 9 nitrogen and oxygen atoms in total. The third-order valence-electron chi connectivity index (χ3n) is 6.65. The van der Waals surface area contributed by atoms with E-state index in [1.807, 2.05) is 35.0 Å². The second-order valence-corrected chi connectivity index (χ2v) is 8.77. The first-order valence-electron chi connectivity index (χ1n) is 11.1. The van der Waals surface area contributed by atoms with Crippen molar-refractivity contribution in [2.24, 2.45) is 5.41 Å². The van der Waals surface area contributed by atoms with E-state index >= 15 is 0 Å². The number of rotatable bonds is 6. The molecule has 2 fully saturated rings. The first-order valence-corrected chi connectivity index (χ1v) is 11.1. The minimum Gasteiger partial charge on any atom is -0.364 e. The van der Waals surface area contributed by atoms with E-state index in [2.05, 4.69) is 21.4 Å². The standard InChI is InChI=1S/C24H25N7O2/c1-29(23(33)24(16-25)8-9-24)18-7-11-30(15-18)22(32)17-5-6-20(26-12-17)27-13-19-14-28-21-4-2-3-10-31(19)21/h2-6,10,12,14,18H,7-9,11,13,15H2,1H3,(H,26,27)/t18-/m0/s1. The number of aromatic nitrogens is 3. The van der Waals surface area contributed by atoms with Gasteiger partial charge in [0, 0.05) is 32.5 Å². The number of pyridine rings is 2. The van der Waals surface area contributed by atoms with Crippen molar-refractivity contribution in [1.82, 2.24) is 24.2 Å². The van der Waals surface area contributed by atoms with Crippen LogP contribution in [0.5, 0.6) is 0 Å². The number of imidazole rings is 1. The number of carbonyl (C=O) groups excluding carboxylic acids is 2. The van der Waals surface area contributed by atoms with Crippen LogP contribution in [0.2, 0.25) is 0 Å². The lowest BCUT2D eigenvalue weighted by Gasteiger charge is -2.26. The van der Waals surface area contributed by atoms with E-state index < -0.39 is 5.41 Å². The summed E-state index contributed by atoms with van der Waals surface area (Å²) in [7, 11) is 1.74. The number of nitriles is 1. The first kappa shape index (κ1) is 20.9. The summed E-state index contributed by atoms with van der Waals surface area (Å²) < 4.78 is 2.01. The molecule has 5 rings (SSSR count). The molecule has 0 spiro atoms. The molecule has 1 N–H and O–H groups in total. The summed E-state index contributed by atoms with van der Waals surface area (Å²) in [6.07, 6.45) is 7.34. The smallest absolute Gasteiger partial charge is 0.255 e. The topological polar surface area (TPSA) is 107 Å². The Balaban J connectivity index is 1.18. The molecular formula is C24H25N7O2. The molecule has 3 aromatic rings. The highest BCUT2D eigenvalue weighted by Crippen LogP contribution is 2.46. The maximum absolute atomic E-state index is 13.0. The first-order chi connectivity index (χ1) is 16.0. The van der Waals surface area contributed by atoms with Gasteiger partial charge in [0.1, 0.15) is 16.9 Å². The van der Waals surface area contributed by atoms with Gasteiger partial charge >= 0.3 is 0 Å². The van der Waals surface area contributed by atoms with E-state index in [-0.39, 0.29) is 17.9 Å². The molecular weight excluding hydrogens is 418 g/mol. The van der Waals surface area contributed by atoms with E-state index in [0.717, 1.165) is 11.3 Å². The highest BCUT2D eigenvalue weighted by Gasteiger charge is 2.53. The van der Waals surface area contributed by atoms with Crippen LogP contribution in [0.25, 0.3) is 5.65 Å². The highest BCUT2D eigenvalue weighted by atomic mass is 16.2. The van der Waals surface area contributed by atoms with Crippen LogP contribution in [-0.2, 0) is 11.3 Å². The van der Waals surface area contributed by atoms with E-state index in [0.29, 0.717) is 50.3 Å². The fraction of sp³-hybridized carbons (Fsp3) is 0.375. The van der Waals surface area contributed by atoms with Crippen LogP contribution >= 0.6 is 0 Å². The van der Waals surface area contributed by atoms with E-state index in [9.17, 15) is 14.9 Å². The molecule has 2 aliphatic rings. The molecule has 0 radical (unpaired) electrons. The average molecular weight is 444 g/mol. The lowest BCUT2D eigenvalue weighted by Crippen LogP contribution is -2.43. The van der Waals surface area contributed by atoms with Gasteiger partial charge in [0.15, 0.2) is 0 Å². The van der Waals surface area contributed by atoms with E-state index in [1.54, 1.807) is 35.2 Å². The van der Waals surface area contributed by atoms with Crippen molar-refractivity contribution in [2.45, 2.75) is 31.8 Å². The number of anilines is 1. The molecule has 9 heteroatoms. The molecule has 3 aromatic heterocycles. The summed E-state index contributed by atoms with van der Waals surface area (Å²) in [5, 5.41) is 12.6. The molecule has 1 aliphatic carbocycles. The lowest BCUT2D eigenvalue weighted by atomic mass is 10.1. The number of likely N-dealkylation sites (tertiary alicyclic amines) is 1. The van der Waals surface area contributed by atoms with Gasteiger partial charge in [0.25, 0.3) is 5.91 Å². The molecule has 0 unspecified atom stereocenters. The summed E-state index contributed by atoms with van der Waals surface area (Å²) in [6.45, 7) is 1.61. The van der Waals surface area contributed by atoms with Gasteiger partial charge in [-0.2, -0.15) is 5.26 Å². The Morgan fingerprint density at radius 3 is 2.82 bits per heavy atom. The lowest BCUT2D eigenvalue weighted by molar-refractivity contribution is -0.135. The molecule has 1 atom stereocenters. The van der Waals surface area contributed by atoms with Crippen molar-refractivity contribution in [3.63, 3.8) is 0 Å². The average Bonchev–Trinajstić information content (AvgIpc) is 3.31. The van der Waals surface area contributed by atoms with Crippen LogP contribution in [-0.4, -0.2) is 62.2 Å². The summed E-state index contributed by atoms with van der Waals surface area (Å²) >= 11 is 0. The van der Waals surface area contributed by atoms with Crippen molar-refractivity contribution < 1.29 is 9.59 Å². The number of hydrogen-bond acceptors (Lipinski definition) is 6. The largest absolute Gasteiger partial charge is 0.364 e. The number of hydrogen-bond donors (Lipinski definition) is 1. The number of likely N-dealkylation sites (N-methyl/N-ethyl adjacent to an activating group) is 1. The van der Waals surface area contributed by atoms with Gasteiger partial charge in [-0.3, -0.25) is 9.59 Å². The number of amides is 2. The van der Waals surface area contributed by atoms with Crippen molar-refractivity contribution in [1.29, 1.82) is 5.26 Å². The fourth-order valence-electron chi connectivity index (χ4n) is 4.35. The zero-order chi connectivity index (χ0) is 23.0. The van der Waals surface area contributed by atoms with Crippen LogP contribution in [0, 0.1) is 16.7 Å². The molecule has 1 saturated carbocycles. The van der Waals surface area contributed by atoms with Crippen molar-refractivity contribution in [2.75, 3.05) is 25.5 Å². The monoisotopic (exact) mass is 443 g/mol. The Kier molecular flexibility index (Phi) is 5.21. The third-order valence-corrected chi connectivity index (χ3v) is 6.65. The minimum absolute atomic E-state index is 0.0633. The summed E-state index contributed by atoms with van der Waals surface area (Å²) in [4.78, 5) is 37.8. The van der Waals surface area contributed by atoms with Crippen LogP contribution < -0.4 is 5.32 Å². The molecule has 33 heavy (non-hydrogen) atoms. The van der Waals surface area contributed by atoms with E-state index in [1.165, 1.54) is 0 Å². The Labute approximate surface area is 191 Å². The molecule has 1 saturated heterocycles. The predicted molar refractivity (Wildman–Crippen MR) is 121 cm³/mol. The maximum atomic E-state index is 13.0. The number of nitrogens with zero attached hydrogens (tertiary/aromatic N) is 6. The van der Waals surface area contributed by atoms with Crippen LogP contribution in [0.3, 0.4) is 0 Å². The Morgan fingerprint density at radius 1 is 1.24 bits per heavy atom. The molecule has 1 aliphatic heterocycles. The highest BCUT2D eigenvalue weighted by molar-refractivity contribution is 5.94. The van der Waals surface area contributed by atoms with Gasteiger partial charge in [-0.1, -0.05) is 6.07 Å². The number of fused-ring (bicyclic) bond motifs is 1. The predicted octanol–water partition coefficient (Wildman–Crippen LogP) is 2.32. The van der Waals surface area contributed by atoms with Gasteiger partial charge < -0.3 is 19.5 Å². The molecule has 4 heterocycles. The quantitative estimate of drug-likeness (QED) is 0.627. The molecule has 168 valence electrons. The minimum atomic E-state index is -0.831. The molecule has 0 aromatic carbocycles. The van der Waals surface area contributed by atoms with Crippen molar-refractivity contribution >= 4 is 23.3 Å². The second kappa shape index (κ2) is 8.20. The Morgan fingerprint density at radius 2 is 2.09 bits per heavy atom. The van der Waals surface area contributed by atoms with Gasteiger partial charge in [0.05, 0.1) is 36.1 Å². The van der Waals surface area contributed by atoms with Crippen molar-refractivity contribution in [3.8, 4) is 6.07 Å². The Hall–Kier alpha value is -3.93. The van der Waals surface area contributed by atoms with E-state index in [4.69, 9.17) is 0 Å². The Bertz CT molecular complexity index is 1240. The molecule has 0 bridgehead atoms. The van der Waals surface area contributed by atoms with Gasteiger partial charge in [-0.05, 0) is 43.5 Å². The third kappa shape index (κ3) is 3.89. The number of carbonyl (C=O) groups is 2. The zero-order valence-electron chi connectivity index (χ0n) is 18.4. The van der Waals surface area contributed by atoms with Crippen LogP contribution in [0.15, 0.2) is 48.9 Å². The fourth-order valence-corrected chi connectivity index (χ4v) is 4.35. The second-order valence-electron chi connectivity index (χ2n) is 8.77. The summed E-state index contributed by atoms with van der Waals surface area (Å²) in [5.41, 5.74) is 1.58. The molecule has 2 amide bonds. The summed E-state index contributed by atoms with van der Waals surface area (Å²) in [5.74, 6) is 0.459.